The van der Waals surface area contributed by atoms with Gasteiger partial charge in [-0.05, 0) is 30.5 Å². The second-order valence-corrected chi connectivity index (χ2v) is 8.46. The molecule has 1 fully saturated rings. The molecule has 1 aromatic carbocycles. The third-order valence-electron chi connectivity index (χ3n) is 5.00. The van der Waals surface area contributed by atoms with Crippen LogP contribution in [0.25, 0.3) is 4.96 Å². The predicted octanol–water partition coefficient (Wildman–Crippen LogP) is 4.23. The molecule has 1 saturated carbocycles. The molecule has 1 aliphatic rings. The molecule has 2 heterocycles. The van der Waals surface area contributed by atoms with Crippen molar-refractivity contribution in [3.63, 3.8) is 0 Å². The van der Waals surface area contributed by atoms with Gasteiger partial charge in [0.05, 0.1) is 0 Å². The lowest BCUT2D eigenvalue weighted by atomic mass is 9.69. The largest absolute Gasteiger partial charge is 0.359 e. The Bertz CT molecular complexity index is 945. The number of fused-ring (bicyclic) bond motifs is 1. The molecule has 4 rings (SSSR count). The van der Waals surface area contributed by atoms with Gasteiger partial charge in [-0.15, -0.1) is 5.10 Å². The van der Waals surface area contributed by atoms with Crippen molar-refractivity contribution in [1.29, 1.82) is 0 Å². The maximum atomic E-state index is 11.9. The average molecular weight is 419 g/mol. The van der Waals surface area contributed by atoms with Crippen LogP contribution in [0.5, 0.6) is 0 Å². The minimum Gasteiger partial charge on any atom is -0.359 e. The van der Waals surface area contributed by atoms with Crippen LogP contribution in [0.2, 0.25) is 0 Å². The Balaban J connectivity index is 1.62. The van der Waals surface area contributed by atoms with Gasteiger partial charge < -0.3 is 5.32 Å². The van der Waals surface area contributed by atoms with Crippen LogP contribution in [-0.4, -0.2) is 21.1 Å². The third-order valence-corrected chi connectivity index (χ3v) is 6.37. The molecule has 0 amide bonds. The fourth-order valence-corrected chi connectivity index (χ4v) is 4.84. The average Bonchev–Trinajstić information content (AvgIpc) is 3.06. The van der Waals surface area contributed by atoms with Gasteiger partial charge in [0.2, 0.25) is 10.1 Å². The summed E-state index contributed by atoms with van der Waals surface area (Å²) < 4.78 is 2.48. The molecule has 0 spiro atoms. The van der Waals surface area contributed by atoms with Crippen LogP contribution in [-0.2, 0) is 5.41 Å². The van der Waals surface area contributed by atoms with Crippen LogP contribution in [0.1, 0.15) is 37.7 Å². The number of benzene rings is 1. The highest BCUT2D eigenvalue weighted by molar-refractivity contribution is 9.10. The SMILES string of the molecule is O=c1ccnc2sc(NCC3(c4cccc(Br)c4)CCCCC3)nn12. The second-order valence-electron chi connectivity index (χ2n) is 6.59. The van der Waals surface area contributed by atoms with E-state index in [1.54, 1.807) is 0 Å². The standard InChI is InChI=1S/C18H19BrN4OS/c19-14-6-4-5-13(11-14)18(8-2-1-3-9-18)12-21-16-22-23-15(24)7-10-20-17(23)25-16/h4-7,10-11H,1-3,8-9,12H2,(H,21,22). The zero-order valence-electron chi connectivity index (χ0n) is 13.7. The molecule has 3 aromatic rings. The number of rotatable bonds is 4. The van der Waals surface area contributed by atoms with E-state index < -0.39 is 0 Å². The van der Waals surface area contributed by atoms with E-state index in [2.05, 4.69) is 55.6 Å². The Hall–Kier alpha value is -1.73. The Labute approximate surface area is 158 Å². The zero-order valence-corrected chi connectivity index (χ0v) is 16.1. The summed E-state index contributed by atoms with van der Waals surface area (Å²) in [6.07, 6.45) is 7.66. The highest BCUT2D eigenvalue weighted by atomic mass is 79.9. The Kier molecular flexibility index (Phi) is 4.60. The Morgan fingerprint density at radius 3 is 2.84 bits per heavy atom. The topological polar surface area (TPSA) is 59.3 Å². The van der Waals surface area contributed by atoms with Crippen molar-refractivity contribution in [3.8, 4) is 0 Å². The van der Waals surface area contributed by atoms with E-state index in [-0.39, 0.29) is 11.0 Å². The zero-order chi connectivity index (χ0) is 17.3. The maximum Gasteiger partial charge on any atom is 0.275 e. The summed E-state index contributed by atoms with van der Waals surface area (Å²) in [5, 5.41) is 8.61. The maximum absolute atomic E-state index is 11.9. The molecule has 0 unspecified atom stereocenters. The van der Waals surface area contributed by atoms with Gasteiger partial charge in [0.25, 0.3) is 5.56 Å². The van der Waals surface area contributed by atoms with E-state index in [1.165, 1.54) is 65.8 Å². The van der Waals surface area contributed by atoms with Crippen molar-refractivity contribution >= 4 is 37.4 Å². The van der Waals surface area contributed by atoms with Crippen molar-refractivity contribution in [2.45, 2.75) is 37.5 Å². The van der Waals surface area contributed by atoms with Crippen LogP contribution < -0.4 is 10.9 Å². The number of halogens is 1. The molecule has 0 saturated heterocycles. The summed E-state index contributed by atoms with van der Waals surface area (Å²) in [4.78, 5) is 16.7. The minimum atomic E-state index is -0.145. The van der Waals surface area contributed by atoms with E-state index in [0.29, 0.717) is 4.96 Å². The molecule has 7 heteroatoms. The molecular formula is C18H19BrN4OS. The minimum absolute atomic E-state index is 0.109. The number of nitrogens with zero attached hydrogens (tertiary/aromatic N) is 3. The number of aromatic nitrogens is 3. The Morgan fingerprint density at radius 1 is 1.24 bits per heavy atom. The van der Waals surface area contributed by atoms with Gasteiger partial charge in [0, 0.05) is 28.7 Å². The predicted molar refractivity (Wildman–Crippen MR) is 105 cm³/mol. The van der Waals surface area contributed by atoms with Crippen molar-refractivity contribution in [2.75, 3.05) is 11.9 Å². The normalized spacial score (nSPS) is 16.8. The first-order chi connectivity index (χ1) is 12.2. The number of nitrogens with one attached hydrogen (secondary N) is 1. The summed E-state index contributed by atoms with van der Waals surface area (Å²) in [5.41, 5.74) is 1.33. The number of anilines is 1. The molecule has 1 aliphatic carbocycles. The van der Waals surface area contributed by atoms with E-state index in [0.717, 1.165) is 16.1 Å². The van der Waals surface area contributed by atoms with Gasteiger partial charge in [-0.2, -0.15) is 4.52 Å². The van der Waals surface area contributed by atoms with E-state index >= 15 is 0 Å². The molecule has 5 nitrogen and oxygen atoms in total. The van der Waals surface area contributed by atoms with Crippen LogP contribution in [0.15, 0.2) is 45.8 Å². The van der Waals surface area contributed by atoms with Crippen molar-refractivity contribution < 1.29 is 0 Å². The molecule has 1 N–H and O–H groups in total. The van der Waals surface area contributed by atoms with Crippen molar-refractivity contribution in [1.82, 2.24) is 14.6 Å². The lowest BCUT2D eigenvalue weighted by Gasteiger charge is -2.38. The highest BCUT2D eigenvalue weighted by Crippen LogP contribution is 2.40. The molecule has 2 aromatic heterocycles. The molecule has 0 bridgehead atoms. The first-order valence-corrected chi connectivity index (χ1v) is 10.1. The molecular weight excluding hydrogens is 400 g/mol. The van der Waals surface area contributed by atoms with Crippen LogP contribution in [0.3, 0.4) is 0 Å². The lowest BCUT2D eigenvalue weighted by molar-refractivity contribution is 0.308. The van der Waals surface area contributed by atoms with Gasteiger partial charge in [-0.3, -0.25) is 4.79 Å². The van der Waals surface area contributed by atoms with Gasteiger partial charge in [0.15, 0.2) is 0 Å². The van der Waals surface area contributed by atoms with Crippen molar-refractivity contribution in [2.24, 2.45) is 0 Å². The van der Waals surface area contributed by atoms with Crippen LogP contribution in [0, 0.1) is 0 Å². The number of hydrogen-bond acceptors (Lipinski definition) is 5. The van der Waals surface area contributed by atoms with Gasteiger partial charge >= 0.3 is 0 Å². The van der Waals surface area contributed by atoms with Crippen molar-refractivity contribution in [3.05, 3.63) is 56.9 Å². The van der Waals surface area contributed by atoms with Crippen LogP contribution in [0.4, 0.5) is 5.13 Å². The molecule has 0 atom stereocenters. The molecule has 130 valence electrons. The fourth-order valence-electron chi connectivity index (χ4n) is 3.67. The highest BCUT2D eigenvalue weighted by Gasteiger charge is 2.34. The monoisotopic (exact) mass is 418 g/mol. The first kappa shape index (κ1) is 16.7. The lowest BCUT2D eigenvalue weighted by Crippen LogP contribution is -2.36. The quantitative estimate of drug-likeness (QED) is 0.688. The summed E-state index contributed by atoms with van der Waals surface area (Å²) in [6.45, 7) is 0.817. The van der Waals surface area contributed by atoms with Gasteiger partial charge in [0.1, 0.15) is 0 Å². The first-order valence-electron chi connectivity index (χ1n) is 8.51. The summed E-state index contributed by atoms with van der Waals surface area (Å²) in [7, 11) is 0. The molecule has 0 radical (unpaired) electrons. The van der Waals surface area contributed by atoms with E-state index in [4.69, 9.17) is 0 Å². The van der Waals surface area contributed by atoms with E-state index in [1.807, 2.05) is 0 Å². The van der Waals surface area contributed by atoms with Gasteiger partial charge in [-0.1, -0.05) is 58.7 Å². The molecule has 25 heavy (non-hydrogen) atoms. The summed E-state index contributed by atoms with van der Waals surface area (Å²) >= 11 is 5.02. The summed E-state index contributed by atoms with van der Waals surface area (Å²) in [6, 6.07) is 10.1. The third kappa shape index (κ3) is 3.35. The smallest absolute Gasteiger partial charge is 0.275 e. The number of hydrogen-bond donors (Lipinski definition) is 1. The second kappa shape index (κ2) is 6.88. The van der Waals surface area contributed by atoms with Gasteiger partial charge in [-0.25, -0.2) is 4.98 Å². The fraction of sp³-hybridized carbons (Fsp3) is 0.389. The molecule has 0 aliphatic heterocycles. The van der Waals surface area contributed by atoms with E-state index in [9.17, 15) is 4.79 Å². The summed E-state index contributed by atoms with van der Waals surface area (Å²) in [5.74, 6) is 0. The Morgan fingerprint density at radius 2 is 2.08 bits per heavy atom. The van der Waals surface area contributed by atoms with Crippen LogP contribution >= 0.6 is 27.3 Å².